The summed E-state index contributed by atoms with van der Waals surface area (Å²) in [6, 6.07) is 5.70. The monoisotopic (exact) mass is 295 g/mol. The maximum Gasteiger partial charge on any atom is 0.138 e. The quantitative estimate of drug-likeness (QED) is 0.834. The summed E-state index contributed by atoms with van der Waals surface area (Å²) in [6.45, 7) is 5.90. The highest BCUT2D eigenvalue weighted by Crippen LogP contribution is 2.27. The summed E-state index contributed by atoms with van der Waals surface area (Å²) in [5, 5.41) is 4.44. The molecule has 0 amide bonds. The summed E-state index contributed by atoms with van der Waals surface area (Å²) in [7, 11) is 0. The van der Waals surface area contributed by atoms with Crippen LogP contribution in [0.3, 0.4) is 0 Å². The highest BCUT2D eigenvalue weighted by Gasteiger charge is 2.10. The second-order valence-corrected chi connectivity index (χ2v) is 5.14. The molecule has 0 spiro atoms. The number of rotatable bonds is 3. The first kappa shape index (κ1) is 14.1. The van der Waals surface area contributed by atoms with Crippen LogP contribution in [0.15, 0.2) is 18.2 Å². The molecular weight excluding hydrogens is 281 g/mol. The molecule has 0 saturated carbocycles. The van der Waals surface area contributed by atoms with Crippen molar-refractivity contribution in [2.75, 3.05) is 5.32 Å². The standard InChI is InChI=1S/C14H15Cl2N3/c1-4-12-18-13(16)9(3)14(19-12)17-11-7-10(15)6-5-8(11)2/h5-7H,4H2,1-3H3,(H,17,18,19). The summed E-state index contributed by atoms with van der Waals surface area (Å²) < 4.78 is 0. The molecule has 0 aliphatic rings. The van der Waals surface area contributed by atoms with Crippen LogP contribution >= 0.6 is 23.2 Å². The number of halogens is 2. The summed E-state index contributed by atoms with van der Waals surface area (Å²) in [6.07, 6.45) is 0.739. The molecule has 0 bridgehead atoms. The van der Waals surface area contributed by atoms with Crippen molar-refractivity contribution < 1.29 is 0 Å². The summed E-state index contributed by atoms with van der Waals surface area (Å²) in [5.41, 5.74) is 2.85. The number of nitrogens with one attached hydrogen (secondary N) is 1. The molecule has 19 heavy (non-hydrogen) atoms. The predicted octanol–water partition coefficient (Wildman–Crippen LogP) is 4.71. The molecule has 1 aromatic carbocycles. The van der Waals surface area contributed by atoms with E-state index < -0.39 is 0 Å². The molecule has 0 radical (unpaired) electrons. The minimum atomic E-state index is 0.481. The number of hydrogen-bond acceptors (Lipinski definition) is 3. The van der Waals surface area contributed by atoms with Crippen LogP contribution in [0.25, 0.3) is 0 Å². The predicted molar refractivity (Wildman–Crippen MR) is 80.6 cm³/mol. The maximum absolute atomic E-state index is 6.12. The lowest BCUT2D eigenvalue weighted by molar-refractivity contribution is 0.934. The first-order valence-electron chi connectivity index (χ1n) is 6.07. The van der Waals surface area contributed by atoms with E-state index in [2.05, 4.69) is 15.3 Å². The third-order valence-corrected chi connectivity index (χ3v) is 3.50. The van der Waals surface area contributed by atoms with Crippen LogP contribution < -0.4 is 5.32 Å². The average Bonchev–Trinajstić information content (AvgIpc) is 2.38. The van der Waals surface area contributed by atoms with E-state index in [0.29, 0.717) is 10.2 Å². The van der Waals surface area contributed by atoms with Crippen LogP contribution in [-0.2, 0) is 6.42 Å². The first-order chi connectivity index (χ1) is 9.01. The van der Waals surface area contributed by atoms with E-state index in [4.69, 9.17) is 23.2 Å². The van der Waals surface area contributed by atoms with Crippen molar-refractivity contribution >= 4 is 34.7 Å². The lowest BCUT2D eigenvalue weighted by Crippen LogP contribution is -2.04. The Morgan fingerprint density at radius 2 is 1.89 bits per heavy atom. The van der Waals surface area contributed by atoms with Gasteiger partial charge in [-0.15, -0.1) is 0 Å². The molecule has 0 fully saturated rings. The molecule has 2 aromatic rings. The number of aromatic nitrogens is 2. The SMILES string of the molecule is CCc1nc(Cl)c(C)c(Nc2cc(Cl)ccc2C)n1. The molecule has 1 N–H and O–H groups in total. The fraction of sp³-hybridized carbons (Fsp3) is 0.286. The zero-order valence-corrected chi connectivity index (χ0v) is 12.6. The smallest absolute Gasteiger partial charge is 0.138 e. The number of anilines is 2. The maximum atomic E-state index is 6.12. The zero-order chi connectivity index (χ0) is 14.0. The molecule has 0 unspecified atom stereocenters. The highest BCUT2D eigenvalue weighted by molar-refractivity contribution is 6.31. The second-order valence-electron chi connectivity index (χ2n) is 4.34. The van der Waals surface area contributed by atoms with Crippen molar-refractivity contribution in [2.45, 2.75) is 27.2 Å². The van der Waals surface area contributed by atoms with Gasteiger partial charge in [0.25, 0.3) is 0 Å². The van der Waals surface area contributed by atoms with Gasteiger partial charge >= 0.3 is 0 Å². The van der Waals surface area contributed by atoms with Crippen LogP contribution in [0.4, 0.5) is 11.5 Å². The van der Waals surface area contributed by atoms with Crippen molar-refractivity contribution in [3.05, 3.63) is 45.3 Å². The normalized spacial score (nSPS) is 10.6. The summed E-state index contributed by atoms with van der Waals surface area (Å²) in [5.74, 6) is 1.44. The van der Waals surface area contributed by atoms with Gasteiger partial charge in [-0.05, 0) is 31.5 Å². The first-order valence-corrected chi connectivity index (χ1v) is 6.83. The van der Waals surface area contributed by atoms with E-state index in [0.717, 1.165) is 34.9 Å². The molecule has 5 heteroatoms. The Hall–Kier alpha value is -1.32. The topological polar surface area (TPSA) is 37.8 Å². The van der Waals surface area contributed by atoms with Crippen molar-refractivity contribution in [3.8, 4) is 0 Å². The Kier molecular flexibility index (Phi) is 4.27. The van der Waals surface area contributed by atoms with Crippen molar-refractivity contribution in [3.63, 3.8) is 0 Å². The Bertz CT molecular complexity index is 612. The van der Waals surface area contributed by atoms with E-state index >= 15 is 0 Å². The third kappa shape index (κ3) is 3.17. The van der Waals surface area contributed by atoms with E-state index in [-0.39, 0.29) is 0 Å². The van der Waals surface area contributed by atoms with Crippen LogP contribution in [0, 0.1) is 13.8 Å². The molecular formula is C14H15Cl2N3. The van der Waals surface area contributed by atoms with Gasteiger partial charge in [-0.2, -0.15) is 0 Å². The van der Waals surface area contributed by atoms with Crippen molar-refractivity contribution in [1.82, 2.24) is 9.97 Å². The number of hydrogen-bond donors (Lipinski definition) is 1. The summed E-state index contributed by atoms with van der Waals surface area (Å²) >= 11 is 12.1. The van der Waals surface area contributed by atoms with Crippen molar-refractivity contribution in [1.29, 1.82) is 0 Å². The Labute approximate surface area is 123 Å². The van der Waals surface area contributed by atoms with Gasteiger partial charge in [0.15, 0.2) is 0 Å². The van der Waals surface area contributed by atoms with Gasteiger partial charge in [0.1, 0.15) is 16.8 Å². The molecule has 0 aliphatic carbocycles. The minimum absolute atomic E-state index is 0.481. The fourth-order valence-electron chi connectivity index (χ4n) is 1.67. The van der Waals surface area contributed by atoms with Crippen LogP contribution in [0.2, 0.25) is 10.2 Å². The molecule has 0 atom stereocenters. The van der Waals surface area contributed by atoms with Gasteiger partial charge in [0.2, 0.25) is 0 Å². The third-order valence-electron chi connectivity index (χ3n) is 2.90. The molecule has 1 aromatic heterocycles. The van der Waals surface area contributed by atoms with Crippen LogP contribution in [0.5, 0.6) is 0 Å². The highest BCUT2D eigenvalue weighted by atomic mass is 35.5. The number of nitrogens with zero attached hydrogens (tertiary/aromatic N) is 2. The Balaban J connectivity index is 2.42. The van der Waals surface area contributed by atoms with E-state index in [1.807, 2.05) is 39.0 Å². The Morgan fingerprint density at radius 1 is 1.16 bits per heavy atom. The molecule has 100 valence electrons. The van der Waals surface area contributed by atoms with Crippen LogP contribution in [0.1, 0.15) is 23.9 Å². The average molecular weight is 296 g/mol. The number of benzene rings is 1. The minimum Gasteiger partial charge on any atom is -0.340 e. The Morgan fingerprint density at radius 3 is 2.58 bits per heavy atom. The van der Waals surface area contributed by atoms with E-state index in [1.165, 1.54) is 0 Å². The van der Waals surface area contributed by atoms with Gasteiger partial charge in [-0.3, -0.25) is 0 Å². The molecule has 3 nitrogen and oxygen atoms in total. The molecule has 2 rings (SSSR count). The van der Waals surface area contributed by atoms with Gasteiger partial charge in [0.05, 0.1) is 0 Å². The second kappa shape index (κ2) is 5.76. The molecule has 1 heterocycles. The summed E-state index contributed by atoms with van der Waals surface area (Å²) in [4.78, 5) is 8.69. The molecule has 0 saturated heterocycles. The largest absolute Gasteiger partial charge is 0.340 e. The van der Waals surface area contributed by atoms with Crippen molar-refractivity contribution in [2.24, 2.45) is 0 Å². The molecule has 0 aliphatic heterocycles. The van der Waals surface area contributed by atoms with Gasteiger partial charge < -0.3 is 5.32 Å². The van der Waals surface area contributed by atoms with Gasteiger partial charge in [0, 0.05) is 22.7 Å². The van der Waals surface area contributed by atoms with E-state index in [1.54, 1.807) is 0 Å². The van der Waals surface area contributed by atoms with Crippen LogP contribution in [-0.4, -0.2) is 9.97 Å². The lowest BCUT2D eigenvalue weighted by atomic mass is 10.2. The lowest BCUT2D eigenvalue weighted by Gasteiger charge is -2.13. The fourth-order valence-corrected chi connectivity index (χ4v) is 2.03. The van der Waals surface area contributed by atoms with E-state index in [9.17, 15) is 0 Å². The number of aryl methyl sites for hydroxylation is 2. The zero-order valence-electron chi connectivity index (χ0n) is 11.1. The van der Waals surface area contributed by atoms with Gasteiger partial charge in [-0.1, -0.05) is 36.2 Å². The van der Waals surface area contributed by atoms with Gasteiger partial charge in [-0.25, -0.2) is 9.97 Å².